The zero-order chi connectivity index (χ0) is 6.97. The third-order valence-corrected chi connectivity index (χ3v) is 1.71. The van der Waals surface area contributed by atoms with Crippen LogP contribution < -0.4 is 29.7 Å². The van der Waals surface area contributed by atoms with Gasteiger partial charge in [-0.2, -0.15) is 5.16 Å². The van der Waals surface area contributed by atoms with Gasteiger partial charge in [0.25, 0.3) is 5.56 Å². The Hall–Kier alpha value is -0.433. The summed E-state index contributed by atoms with van der Waals surface area (Å²) in [5.41, 5.74) is 0.732. The molecule has 2 heterocycles. The van der Waals surface area contributed by atoms with Crippen molar-refractivity contribution in [3.8, 4) is 0 Å². The van der Waals surface area contributed by atoms with Gasteiger partial charge in [-0.15, -0.1) is 0 Å². The van der Waals surface area contributed by atoms with Crippen LogP contribution in [0.3, 0.4) is 0 Å². The maximum Gasteiger partial charge on any atom is 1.00 e. The van der Waals surface area contributed by atoms with Gasteiger partial charge >= 0.3 is 18.9 Å². The molecule has 0 bridgehead atoms. The predicted molar refractivity (Wildman–Crippen MR) is 35.9 cm³/mol. The Morgan fingerprint density at radius 1 is 1.55 bits per heavy atom. The van der Waals surface area contributed by atoms with Crippen molar-refractivity contribution in [2.75, 3.05) is 6.54 Å². The van der Waals surface area contributed by atoms with Gasteiger partial charge in [-0.1, -0.05) is 0 Å². The zero-order valence-electron chi connectivity index (χ0n) is 7.44. The van der Waals surface area contributed by atoms with E-state index in [2.05, 4.69) is 10.5 Å². The third kappa shape index (κ3) is 1.43. The summed E-state index contributed by atoms with van der Waals surface area (Å²) in [5, 5.41) is 5.41. The Bertz CT molecular complexity index is 296. The number of hydrogen-bond acceptors (Lipinski definition) is 3. The molecule has 1 aliphatic heterocycles. The molecule has 0 spiro atoms. The number of aromatic nitrogens is 1. The van der Waals surface area contributed by atoms with E-state index in [9.17, 15) is 4.79 Å². The van der Waals surface area contributed by atoms with E-state index in [0.717, 1.165) is 24.3 Å². The number of hydrogen-bond donors (Lipinski definition) is 2. The van der Waals surface area contributed by atoms with E-state index < -0.39 is 0 Å². The van der Waals surface area contributed by atoms with Gasteiger partial charge in [0.05, 0.1) is 12.1 Å². The van der Waals surface area contributed by atoms with E-state index in [1.165, 1.54) is 0 Å². The summed E-state index contributed by atoms with van der Waals surface area (Å²) in [7, 11) is 0. The van der Waals surface area contributed by atoms with E-state index in [1.54, 1.807) is 0 Å². The summed E-state index contributed by atoms with van der Waals surface area (Å²) < 4.78 is 4.89. The van der Waals surface area contributed by atoms with Crippen LogP contribution in [0.4, 0.5) is 0 Å². The first-order chi connectivity index (χ1) is 4.88. The second-order valence-corrected chi connectivity index (χ2v) is 2.36. The zero-order valence-corrected chi connectivity index (χ0v) is 6.44. The molecule has 0 amide bonds. The molecule has 1 aromatic rings. The van der Waals surface area contributed by atoms with Gasteiger partial charge in [-0.25, -0.2) is 0 Å². The smallest absolute Gasteiger partial charge is 1.00 e. The van der Waals surface area contributed by atoms with Gasteiger partial charge < -0.3 is 11.3 Å². The normalized spacial score (nSPS) is 15.3. The molecule has 0 unspecified atom stereocenters. The van der Waals surface area contributed by atoms with Crippen molar-refractivity contribution >= 4 is 0 Å². The van der Waals surface area contributed by atoms with Crippen molar-refractivity contribution in [2.24, 2.45) is 0 Å². The summed E-state index contributed by atoms with van der Waals surface area (Å²) >= 11 is 0. The monoisotopic (exact) mass is 148 g/mol. The van der Waals surface area contributed by atoms with Crippen molar-refractivity contribution < 1.29 is 24.8 Å². The number of fused-ring (bicyclic) bond motifs is 1. The number of rotatable bonds is 0. The molecule has 1 aromatic heterocycles. The third-order valence-electron chi connectivity index (χ3n) is 1.71. The van der Waals surface area contributed by atoms with E-state index >= 15 is 0 Å². The van der Waals surface area contributed by atoms with Gasteiger partial charge in [0.15, 0.2) is 5.76 Å². The van der Waals surface area contributed by atoms with Gasteiger partial charge in [0, 0.05) is 0 Å². The van der Waals surface area contributed by atoms with Crippen LogP contribution in [0.25, 0.3) is 0 Å². The molecule has 0 aliphatic carbocycles. The van der Waals surface area contributed by atoms with Crippen LogP contribution in [-0.2, 0) is 13.0 Å². The molecule has 0 saturated carbocycles. The molecule has 0 radical (unpaired) electrons. The Balaban J connectivity index is 0.000000605. The molecular formula is C6H9LiN2O2. The number of H-pyrrole nitrogens is 1. The van der Waals surface area contributed by atoms with Crippen LogP contribution in [0.1, 0.15) is 12.8 Å². The average molecular weight is 148 g/mol. The van der Waals surface area contributed by atoms with Crippen LogP contribution in [0.2, 0.25) is 0 Å². The molecule has 2 N–H and O–H groups in total. The summed E-state index contributed by atoms with van der Waals surface area (Å²) in [4.78, 5) is 10.9. The molecule has 56 valence electrons. The standard InChI is InChI=1S/C6H8N2O2.Li.H/c9-6-4-1-2-7-3-5(4)10-8-6;;/h7H,1-3H2,(H,8,9);;/q;+1;-1. The van der Waals surface area contributed by atoms with E-state index in [-0.39, 0.29) is 25.8 Å². The summed E-state index contributed by atoms with van der Waals surface area (Å²) in [5.74, 6) is 0.760. The first-order valence-corrected chi connectivity index (χ1v) is 3.28. The molecule has 0 saturated heterocycles. The Kier molecular flexibility index (Phi) is 2.61. The molecule has 11 heavy (non-hydrogen) atoms. The number of nitrogens with one attached hydrogen (secondary N) is 2. The first kappa shape index (κ1) is 8.66. The Morgan fingerprint density at radius 3 is 3.09 bits per heavy atom. The second-order valence-electron chi connectivity index (χ2n) is 2.36. The molecular weight excluding hydrogens is 139 g/mol. The summed E-state index contributed by atoms with van der Waals surface area (Å²) in [6.45, 7) is 1.55. The van der Waals surface area contributed by atoms with Crippen LogP contribution in [-0.4, -0.2) is 11.7 Å². The van der Waals surface area contributed by atoms with Crippen LogP contribution >= 0.6 is 0 Å². The molecule has 0 fully saturated rings. The van der Waals surface area contributed by atoms with E-state index in [1.807, 2.05) is 0 Å². The quantitative estimate of drug-likeness (QED) is 0.379. The van der Waals surface area contributed by atoms with Gasteiger partial charge in [0.2, 0.25) is 0 Å². The van der Waals surface area contributed by atoms with Crippen LogP contribution in [0, 0.1) is 0 Å². The predicted octanol–water partition coefficient (Wildman–Crippen LogP) is -3.27. The largest absolute Gasteiger partial charge is 1.00 e. The van der Waals surface area contributed by atoms with Crippen molar-refractivity contribution in [3.63, 3.8) is 0 Å². The SMILES string of the molecule is O=c1[nH]oc2c1CCNC2.[H-].[Li+]. The van der Waals surface area contributed by atoms with Gasteiger partial charge in [-0.3, -0.25) is 4.79 Å². The average Bonchev–Trinajstić information content (AvgIpc) is 2.34. The van der Waals surface area contributed by atoms with Crippen molar-refractivity contribution in [2.45, 2.75) is 13.0 Å². The molecule has 0 aromatic carbocycles. The molecule has 2 rings (SSSR count). The summed E-state index contributed by atoms with van der Waals surface area (Å²) in [6, 6.07) is 0. The fourth-order valence-corrected chi connectivity index (χ4v) is 1.17. The molecule has 4 nitrogen and oxygen atoms in total. The minimum absolute atomic E-state index is 0. The van der Waals surface area contributed by atoms with E-state index in [0.29, 0.717) is 6.54 Å². The Morgan fingerprint density at radius 2 is 2.36 bits per heavy atom. The maximum absolute atomic E-state index is 10.9. The Labute approximate surface area is 77.0 Å². The first-order valence-electron chi connectivity index (χ1n) is 3.28. The van der Waals surface area contributed by atoms with Crippen LogP contribution in [0.15, 0.2) is 9.32 Å². The minimum Gasteiger partial charge on any atom is -1.00 e. The van der Waals surface area contributed by atoms with Crippen molar-refractivity contribution in [1.29, 1.82) is 0 Å². The maximum atomic E-state index is 10.9. The van der Waals surface area contributed by atoms with Crippen LogP contribution in [0.5, 0.6) is 0 Å². The van der Waals surface area contributed by atoms with Gasteiger partial charge in [0.1, 0.15) is 0 Å². The number of aromatic amines is 1. The second kappa shape index (κ2) is 3.31. The van der Waals surface area contributed by atoms with Crippen molar-refractivity contribution in [1.82, 2.24) is 10.5 Å². The van der Waals surface area contributed by atoms with Crippen molar-refractivity contribution in [3.05, 3.63) is 21.7 Å². The summed E-state index contributed by atoms with van der Waals surface area (Å²) in [6.07, 6.45) is 0.779. The molecule has 0 atom stereocenters. The molecule has 5 heteroatoms. The fourth-order valence-electron chi connectivity index (χ4n) is 1.17. The minimum atomic E-state index is -0.0727. The molecule has 1 aliphatic rings. The fraction of sp³-hybridized carbons (Fsp3) is 0.500. The van der Waals surface area contributed by atoms with Gasteiger partial charge in [-0.05, 0) is 13.0 Å². The topological polar surface area (TPSA) is 58.0 Å². The van der Waals surface area contributed by atoms with E-state index in [4.69, 9.17) is 4.52 Å².